The van der Waals surface area contributed by atoms with E-state index in [0.29, 0.717) is 6.42 Å². The van der Waals surface area contributed by atoms with Crippen LogP contribution in [0.25, 0.3) is 0 Å². The third kappa shape index (κ3) is 7.88. The lowest BCUT2D eigenvalue weighted by Gasteiger charge is -2.22. The number of rotatable bonds is 9. The third-order valence-corrected chi connectivity index (χ3v) is 2.56. The Balaban J connectivity index is 4.87. The van der Waals surface area contributed by atoms with E-state index in [1.54, 1.807) is 0 Å². The summed E-state index contributed by atoms with van der Waals surface area (Å²) in [6.45, 7) is 3.39. The van der Waals surface area contributed by atoms with Crippen LogP contribution in [0.5, 0.6) is 0 Å². The van der Waals surface area contributed by atoms with Gasteiger partial charge in [-0.1, -0.05) is 13.8 Å². The molecule has 7 N–H and O–H groups in total. The fourth-order valence-electron chi connectivity index (χ4n) is 1.63. The number of nitrogens with one attached hydrogen (secondary N) is 2. The van der Waals surface area contributed by atoms with E-state index >= 15 is 0 Å². The van der Waals surface area contributed by atoms with E-state index in [-0.39, 0.29) is 12.5 Å². The Bertz CT molecular complexity index is 410. The lowest BCUT2D eigenvalue weighted by molar-refractivity contribution is -0.143. The summed E-state index contributed by atoms with van der Waals surface area (Å²) in [4.78, 5) is 45.1. The largest absolute Gasteiger partial charge is 0.480 e. The maximum Gasteiger partial charge on any atom is 0.326 e. The van der Waals surface area contributed by atoms with E-state index in [1.165, 1.54) is 0 Å². The van der Waals surface area contributed by atoms with Crippen molar-refractivity contribution < 1.29 is 24.3 Å². The average molecular weight is 302 g/mol. The Morgan fingerprint density at radius 3 is 2.05 bits per heavy atom. The molecule has 0 saturated heterocycles. The van der Waals surface area contributed by atoms with Crippen molar-refractivity contribution in [3.63, 3.8) is 0 Å². The number of primary amides is 1. The van der Waals surface area contributed by atoms with Crippen molar-refractivity contribution in [1.29, 1.82) is 0 Å². The lowest BCUT2D eigenvalue weighted by Crippen LogP contribution is -2.53. The van der Waals surface area contributed by atoms with Gasteiger partial charge in [-0.05, 0) is 12.3 Å². The number of carboxylic acid groups (broad SMARTS) is 1. The monoisotopic (exact) mass is 302 g/mol. The van der Waals surface area contributed by atoms with Crippen molar-refractivity contribution in [3.8, 4) is 0 Å². The van der Waals surface area contributed by atoms with E-state index in [9.17, 15) is 19.2 Å². The summed E-state index contributed by atoms with van der Waals surface area (Å²) >= 11 is 0. The highest BCUT2D eigenvalue weighted by molar-refractivity contribution is 5.92. The Morgan fingerprint density at radius 2 is 1.67 bits per heavy atom. The molecule has 3 amide bonds. The van der Waals surface area contributed by atoms with Gasteiger partial charge in [-0.15, -0.1) is 0 Å². The van der Waals surface area contributed by atoms with Crippen molar-refractivity contribution in [2.75, 3.05) is 6.54 Å². The molecule has 2 atom stereocenters. The van der Waals surface area contributed by atoms with Gasteiger partial charge in [0.15, 0.2) is 0 Å². The van der Waals surface area contributed by atoms with Crippen LogP contribution in [-0.2, 0) is 19.2 Å². The smallest absolute Gasteiger partial charge is 0.326 e. The molecular weight excluding hydrogens is 280 g/mol. The van der Waals surface area contributed by atoms with Crippen molar-refractivity contribution >= 4 is 23.7 Å². The summed E-state index contributed by atoms with van der Waals surface area (Å²) in [5.74, 6) is -3.38. The molecule has 0 radical (unpaired) electrons. The molecule has 2 unspecified atom stereocenters. The van der Waals surface area contributed by atoms with Gasteiger partial charge in [0.05, 0.1) is 13.0 Å². The van der Waals surface area contributed by atoms with Crippen LogP contribution in [0.1, 0.15) is 26.7 Å². The second kappa shape index (κ2) is 8.90. The first-order valence-electron chi connectivity index (χ1n) is 6.48. The normalized spacial score (nSPS) is 13.3. The summed E-state index contributed by atoms with van der Waals surface area (Å²) < 4.78 is 0. The maximum absolute atomic E-state index is 12.0. The summed E-state index contributed by atoms with van der Waals surface area (Å²) in [6, 6.07) is -2.35. The summed E-state index contributed by atoms with van der Waals surface area (Å²) in [6.07, 6.45) is -0.221. The molecule has 0 aromatic rings. The Kier molecular flexibility index (Phi) is 7.99. The minimum Gasteiger partial charge on any atom is -0.480 e. The number of amides is 3. The lowest BCUT2D eigenvalue weighted by atomic mass is 10.0. The second-order valence-corrected chi connectivity index (χ2v) is 5.02. The van der Waals surface area contributed by atoms with Gasteiger partial charge < -0.3 is 27.2 Å². The predicted octanol–water partition coefficient (Wildman–Crippen LogP) is -2.08. The minimum absolute atomic E-state index is 0.0817. The first-order chi connectivity index (χ1) is 9.67. The molecule has 0 fully saturated rings. The Hall–Kier alpha value is -2.16. The van der Waals surface area contributed by atoms with Gasteiger partial charge in [0.2, 0.25) is 17.7 Å². The van der Waals surface area contributed by atoms with Gasteiger partial charge in [-0.25, -0.2) is 4.79 Å². The van der Waals surface area contributed by atoms with Crippen LogP contribution in [0.15, 0.2) is 0 Å². The molecule has 0 aliphatic heterocycles. The van der Waals surface area contributed by atoms with Gasteiger partial charge in [0, 0.05) is 0 Å². The van der Waals surface area contributed by atoms with E-state index < -0.39 is 42.2 Å². The van der Waals surface area contributed by atoms with Crippen molar-refractivity contribution in [1.82, 2.24) is 10.6 Å². The first kappa shape index (κ1) is 18.8. The van der Waals surface area contributed by atoms with Crippen molar-refractivity contribution in [2.45, 2.75) is 38.8 Å². The summed E-state index contributed by atoms with van der Waals surface area (Å²) in [5, 5.41) is 13.5. The maximum atomic E-state index is 12.0. The van der Waals surface area contributed by atoms with Gasteiger partial charge in [0.1, 0.15) is 12.1 Å². The minimum atomic E-state index is -1.43. The molecule has 0 aliphatic carbocycles. The molecule has 120 valence electrons. The number of carbonyl (C=O) groups excluding carboxylic acids is 3. The highest BCUT2D eigenvalue weighted by Gasteiger charge is 2.27. The van der Waals surface area contributed by atoms with Crippen molar-refractivity contribution in [3.05, 3.63) is 0 Å². The number of hydrogen-bond acceptors (Lipinski definition) is 5. The van der Waals surface area contributed by atoms with E-state index in [4.69, 9.17) is 16.6 Å². The summed E-state index contributed by atoms with van der Waals surface area (Å²) in [5.41, 5.74) is 10.1. The van der Waals surface area contributed by atoms with Crippen LogP contribution in [0.3, 0.4) is 0 Å². The zero-order chi connectivity index (χ0) is 16.6. The van der Waals surface area contributed by atoms with Crippen LogP contribution in [0.2, 0.25) is 0 Å². The zero-order valence-electron chi connectivity index (χ0n) is 12.1. The van der Waals surface area contributed by atoms with Crippen LogP contribution in [0.4, 0.5) is 0 Å². The predicted molar refractivity (Wildman–Crippen MR) is 73.8 cm³/mol. The molecule has 0 saturated carbocycles. The molecule has 0 aromatic carbocycles. The molecule has 0 aromatic heterocycles. The third-order valence-electron chi connectivity index (χ3n) is 2.56. The molecule has 0 bridgehead atoms. The van der Waals surface area contributed by atoms with Crippen molar-refractivity contribution in [2.24, 2.45) is 17.4 Å². The quantitative estimate of drug-likeness (QED) is 0.328. The molecule has 0 spiro atoms. The SMILES string of the molecule is CC(C)CC(NC(=O)CN)C(=O)NC(CC(N)=O)C(=O)O. The fraction of sp³-hybridized carbons (Fsp3) is 0.667. The highest BCUT2D eigenvalue weighted by atomic mass is 16.4. The number of hydrogen-bond donors (Lipinski definition) is 5. The van der Waals surface area contributed by atoms with E-state index in [1.807, 2.05) is 13.8 Å². The summed E-state index contributed by atoms with van der Waals surface area (Å²) in [7, 11) is 0. The first-order valence-corrected chi connectivity index (χ1v) is 6.48. The van der Waals surface area contributed by atoms with Gasteiger partial charge in [0.25, 0.3) is 0 Å². The second-order valence-electron chi connectivity index (χ2n) is 5.02. The number of aliphatic carboxylic acids is 1. The topological polar surface area (TPSA) is 165 Å². The molecule has 9 nitrogen and oxygen atoms in total. The number of carboxylic acids is 1. The van der Waals surface area contributed by atoms with Gasteiger partial charge in [-0.3, -0.25) is 14.4 Å². The van der Waals surface area contributed by atoms with Gasteiger partial charge in [-0.2, -0.15) is 0 Å². The molecule has 9 heteroatoms. The molecule has 0 rings (SSSR count). The van der Waals surface area contributed by atoms with Crippen LogP contribution in [-0.4, -0.2) is 47.4 Å². The fourth-order valence-corrected chi connectivity index (χ4v) is 1.63. The highest BCUT2D eigenvalue weighted by Crippen LogP contribution is 2.06. The molecule has 0 heterocycles. The standard InChI is InChI=1S/C12H22N4O5/c1-6(2)3-7(15-10(18)5-13)11(19)16-8(12(20)21)4-9(14)17/h6-8H,3-5,13H2,1-2H3,(H2,14,17)(H,15,18)(H,16,19)(H,20,21). The van der Waals surface area contributed by atoms with Gasteiger partial charge >= 0.3 is 5.97 Å². The molecule has 0 aliphatic rings. The zero-order valence-corrected chi connectivity index (χ0v) is 12.1. The van der Waals surface area contributed by atoms with Crippen LogP contribution < -0.4 is 22.1 Å². The number of carbonyl (C=O) groups is 4. The van der Waals surface area contributed by atoms with E-state index in [2.05, 4.69) is 10.6 Å². The Labute approximate surface area is 122 Å². The number of nitrogens with two attached hydrogens (primary N) is 2. The average Bonchev–Trinajstić information content (AvgIpc) is 2.35. The van der Waals surface area contributed by atoms with E-state index in [0.717, 1.165) is 0 Å². The molecular formula is C12H22N4O5. The Morgan fingerprint density at radius 1 is 1.10 bits per heavy atom. The molecule has 21 heavy (non-hydrogen) atoms. The van der Waals surface area contributed by atoms with Crippen LogP contribution in [0, 0.1) is 5.92 Å². The van der Waals surface area contributed by atoms with Crippen LogP contribution >= 0.6 is 0 Å².